The van der Waals surface area contributed by atoms with E-state index in [4.69, 9.17) is 0 Å². The van der Waals surface area contributed by atoms with E-state index in [2.05, 4.69) is 43.4 Å². The van der Waals surface area contributed by atoms with Gasteiger partial charge in [-0.05, 0) is 41.3 Å². The Labute approximate surface area is 85.8 Å². The van der Waals surface area contributed by atoms with Gasteiger partial charge in [-0.2, -0.15) is 0 Å². The van der Waals surface area contributed by atoms with Crippen molar-refractivity contribution in [1.82, 2.24) is 5.32 Å². The minimum atomic E-state index is 0.736. The first-order valence-corrected chi connectivity index (χ1v) is 5.27. The van der Waals surface area contributed by atoms with Gasteiger partial charge in [-0.1, -0.05) is 32.0 Å². The van der Waals surface area contributed by atoms with Gasteiger partial charge in [0.2, 0.25) is 0 Å². The first-order chi connectivity index (χ1) is 6.75. The third-order valence-electron chi connectivity index (χ3n) is 2.52. The highest BCUT2D eigenvalue weighted by Gasteiger charge is 2.05. The van der Waals surface area contributed by atoms with E-state index < -0.39 is 0 Å². The average Bonchev–Trinajstić information content (AvgIpc) is 2.17. The van der Waals surface area contributed by atoms with Crippen LogP contribution in [0.15, 0.2) is 24.4 Å². The fourth-order valence-corrected chi connectivity index (χ4v) is 1.89. The van der Waals surface area contributed by atoms with Crippen LogP contribution in [0.1, 0.15) is 30.5 Å². The number of hydrogen-bond donors (Lipinski definition) is 1. The van der Waals surface area contributed by atoms with E-state index in [1.54, 1.807) is 0 Å². The highest BCUT2D eigenvalue weighted by molar-refractivity contribution is 5.56. The smallest absolute Gasteiger partial charge is 0.0401 e. The molecule has 14 heavy (non-hydrogen) atoms. The zero-order valence-corrected chi connectivity index (χ0v) is 8.88. The predicted molar refractivity (Wildman–Crippen MR) is 60.9 cm³/mol. The van der Waals surface area contributed by atoms with Gasteiger partial charge in [0.15, 0.2) is 0 Å². The molecule has 0 aliphatic carbocycles. The molecule has 0 saturated heterocycles. The Hall–Kier alpha value is -1.24. The van der Waals surface area contributed by atoms with Crippen LogP contribution in [0.3, 0.4) is 0 Å². The average molecular weight is 187 g/mol. The lowest BCUT2D eigenvalue weighted by molar-refractivity contribution is 0.646. The highest BCUT2D eigenvalue weighted by Crippen LogP contribution is 2.18. The predicted octanol–water partition coefficient (Wildman–Crippen LogP) is 2.96. The molecule has 0 atom stereocenters. The Balaban J connectivity index is 2.25. The fourth-order valence-electron chi connectivity index (χ4n) is 1.89. The van der Waals surface area contributed by atoms with Crippen LogP contribution in [0.25, 0.3) is 6.08 Å². The molecule has 2 rings (SSSR count). The molecular formula is C13H17N. The summed E-state index contributed by atoms with van der Waals surface area (Å²) >= 11 is 0. The van der Waals surface area contributed by atoms with Crippen molar-refractivity contribution < 1.29 is 0 Å². The van der Waals surface area contributed by atoms with Crippen molar-refractivity contribution in [1.29, 1.82) is 0 Å². The van der Waals surface area contributed by atoms with Gasteiger partial charge in [0.1, 0.15) is 0 Å². The quantitative estimate of drug-likeness (QED) is 0.750. The normalized spacial score (nSPS) is 13.9. The summed E-state index contributed by atoms with van der Waals surface area (Å²) in [4.78, 5) is 0. The van der Waals surface area contributed by atoms with Crippen molar-refractivity contribution in [2.24, 2.45) is 5.92 Å². The summed E-state index contributed by atoms with van der Waals surface area (Å²) < 4.78 is 0. The van der Waals surface area contributed by atoms with Crippen LogP contribution < -0.4 is 5.32 Å². The maximum Gasteiger partial charge on any atom is 0.0401 e. The molecule has 74 valence electrons. The van der Waals surface area contributed by atoms with Crippen molar-refractivity contribution in [3.63, 3.8) is 0 Å². The molecule has 0 radical (unpaired) electrons. The van der Waals surface area contributed by atoms with Crippen molar-refractivity contribution >= 4 is 6.08 Å². The second kappa shape index (κ2) is 3.87. The molecule has 0 unspecified atom stereocenters. The third kappa shape index (κ3) is 1.98. The first-order valence-electron chi connectivity index (χ1n) is 5.27. The Morgan fingerprint density at radius 2 is 2.21 bits per heavy atom. The minimum Gasteiger partial charge on any atom is -0.387 e. The van der Waals surface area contributed by atoms with Crippen LogP contribution in [0, 0.1) is 5.92 Å². The Bertz CT molecular complexity index is 350. The van der Waals surface area contributed by atoms with Crippen LogP contribution in [-0.2, 0) is 13.0 Å². The molecule has 1 heterocycles. The SMILES string of the molecule is CC(C)Cc1ccc2c(c1)CNC=C2. The number of rotatable bonds is 2. The molecule has 1 heteroatoms. The maximum atomic E-state index is 3.24. The van der Waals surface area contributed by atoms with Gasteiger partial charge in [0, 0.05) is 6.54 Å². The van der Waals surface area contributed by atoms with Crippen LogP contribution in [0.2, 0.25) is 0 Å². The van der Waals surface area contributed by atoms with E-state index in [9.17, 15) is 0 Å². The van der Waals surface area contributed by atoms with Crippen molar-refractivity contribution in [2.45, 2.75) is 26.8 Å². The van der Waals surface area contributed by atoms with Crippen molar-refractivity contribution in [2.75, 3.05) is 0 Å². The summed E-state index contributed by atoms with van der Waals surface area (Å²) in [5.74, 6) is 0.736. The van der Waals surface area contributed by atoms with Crippen LogP contribution >= 0.6 is 0 Å². The minimum absolute atomic E-state index is 0.736. The summed E-state index contributed by atoms with van der Waals surface area (Å²) in [6.07, 6.45) is 5.33. The van der Waals surface area contributed by atoms with Gasteiger partial charge in [-0.25, -0.2) is 0 Å². The van der Waals surface area contributed by atoms with Crippen LogP contribution in [0.5, 0.6) is 0 Å². The Morgan fingerprint density at radius 1 is 1.36 bits per heavy atom. The molecule has 1 aromatic carbocycles. The topological polar surface area (TPSA) is 12.0 Å². The fraction of sp³-hybridized carbons (Fsp3) is 0.385. The van der Waals surface area contributed by atoms with Gasteiger partial charge in [0.25, 0.3) is 0 Å². The second-order valence-corrected chi connectivity index (χ2v) is 4.35. The molecule has 1 N–H and O–H groups in total. The van der Waals surface area contributed by atoms with Crippen molar-refractivity contribution in [3.05, 3.63) is 41.1 Å². The monoisotopic (exact) mass is 187 g/mol. The van der Waals surface area contributed by atoms with E-state index in [0.29, 0.717) is 0 Å². The Morgan fingerprint density at radius 3 is 3.00 bits per heavy atom. The lowest BCUT2D eigenvalue weighted by Crippen LogP contribution is -2.10. The standard InChI is InChI=1S/C13H17N/c1-10(2)7-11-3-4-12-5-6-14-9-13(12)8-11/h3-6,8,10,14H,7,9H2,1-2H3. The van der Waals surface area contributed by atoms with Crippen molar-refractivity contribution in [3.8, 4) is 0 Å². The van der Waals surface area contributed by atoms with Crippen LogP contribution in [0.4, 0.5) is 0 Å². The number of hydrogen-bond acceptors (Lipinski definition) is 1. The van der Waals surface area contributed by atoms with E-state index in [1.165, 1.54) is 23.1 Å². The molecule has 0 fully saturated rings. The molecule has 0 spiro atoms. The van der Waals surface area contributed by atoms with Gasteiger partial charge < -0.3 is 5.32 Å². The van der Waals surface area contributed by atoms with E-state index >= 15 is 0 Å². The number of fused-ring (bicyclic) bond motifs is 1. The molecule has 0 aromatic heterocycles. The molecule has 0 saturated carbocycles. The number of benzene rings is 1. The summed E-state index contributed by atoms with van der Waals surface area (Å²) in [5, 5.41) is 3.24. The largest absolute Gasteiger partial charge is 0.387 e. The van der Waals surface area contributed by atoms with Gasteiger partial charge in [0.05, 0.1) is 0 Å². The van der Waals surface area contributed by atoms with E-state index in [0.717, 1.165) is 12.5 Å². The zero-order valence-electron chi connectivity index (χ0n) is 8.88. The van der Waals surface area contributed by atoms with Gasteiger partial charge >= 0.3 is 0 Å². The maximum absolute atomic E-state index is 3.24. The molecule has 1 aliphatic rings. The number of nitrogens with one attached hydrogen (secondary N) is 1. The molecular weight excluding hydrogens is 170 g/mol. The highest BCUT2D eigenvalue weighted by atomic mass is 14.8. The summed E-state index contributed by atoms with van der Waals surface area (Å²) in [6, 6.07) is 6.80. The zero-order chi connectivity index (χ0) is 9.97. The molecule has 1 aromatic rings. The molecule has 1 nitrogen and oxygen atoms in total. The first kappa shape index (κ1) is 9.32. The Kier molecular flexibility index (Phi) is 2.58. The van der Waals surface area contributed by atoms with Gasteiger partial charge in [-0.15, -0.1) is 0 Å². The lowest BCUT2D eigenvalue weighted by atomic mass is 9.97. The van der Waals surface area contributed by atoms with E-state index in [1.807, 2.05) is 6.20 Å². The second-order valence-electron chi connectivity index (χ2n) is 4.35. The summed E-state index contributed by atoms with van der Waals surface area (Å²) in [6.45, 7) is 5.49. The summed E-state index contributed by atoms with van der Waals surface area (Å²) in [7, 11) is 0. The molecule has 0 amide bonds. The molecule has 1 aliphatic heterocycles. The van der Waals surface area contributed by atoms with Gasteiger partial charge in [-0.3, -0.25) is 0 Å². The summed E-state index contributed by atoms with van der Waals surface area (Å²) in [5.41, 5.74) is 4.23. The third-order valence-corrected chi connectivity index (χ3v) is 2.52. The van der Waals surface area contributed by atoms with E-state index in [-0.39, 0.29) is 0 Å². The lowest BCUT2D eigenvalue weighted by Gasteiger charge is -2.14. The molecule has 0 bridgehead atoms. The van der Waals surface area contributed by atoms with Crippen LogP contribution in [-0.4, -0.2) is 0 Å².